The monoisotopic (exact) mass is 508 g/mol. The van der Waals surface area contributed by atoms with Gasteiger partial charge in [0.05, 0.1) is 24.8 Å². The molecule has 198 valence electrons. The van der Waals surface area contributed by atoms with Crippen LogP contribution in [0.4, 0.5) is 0 Å². The quantitative estimate of drug-likeness (QED) is 0.293. The first kappa shape index (κ1) is 26.5. The highest BCUT2D eigenvalue weighted by atomic mass is 16.5. The van der Waals surface area contributed by atoms with E-state index in [2.05, 4.69) is 0 Å². The maximum absolute atomic E-state index is 13.4. The Bertz CT molecular complexity index is 1200. The Kier molecular flexibility index (Phi) is 8.07. The van der Waals surface area contributed by atoms with E-state index in [1.165, 1.54) is 0 Å². The molecule has 1 saturated heterocycles. The smallest absolute Gasteiger partial charge is 0.295 e. The lowest BCUT2D eigenvalue weighted by atomic mass is 9.94. The van der Waals surface area contributed by atoms with E-state index in [-0.39, 0.29) is 17.4 Å². The molecule has 0 aliphatic carbocycles. The van der Waals surface area contributed by atoms with E-state index >= 15 is 0 Å². The third-order valence-electron chi connectivity index (χ3n) is 6.60. The Morgan fingerprint density at radius 1 is 1.08 bits per heavy atom. The van der Waals surface area contributed by atoms with Crippen molar-refractivity contribution in [2.45, 2.75) is 45.8 Å². The normalized spacial score (nSPS) is 20.3. The summed E-state index contributed by atoms with van der Waals surface area (Å²) >= 11 is 0. The van der Waals surface area contributed by atoms with Crippen molar-refractivity contribution in [2.75, 3.05) is 40.4 Å². The number of hydrogen-bond donors (Lipinski definition) is 1. The number of Topliss-reactive ketones (excluding diaryl/α,β-unsaturated/α-hetero) is 1. The number of ether oxygens (including phenoxy) is 3. The average Bonchev–Trinajstić information content (AvgIpc) is 3.35. The molecule has 8 heteroatoms. The van der Waals surface area contributed by atoms with Crippen molar-refractivity contribution in [1.82, 2.24) is 9.80 Å². The number of fused-ring (bicyclic) bond motifs is 1. The van der Waals surface area contributed by atoms with Gasteiger partial charge in [-0.05, 0) is 89.3 Å². The van der Waals surface area contributed by atoms with Crippen LogP contribution in [0, 0.1) is 0 Å². The third kappa shape index (κ3) is 5.44. The van der Waals surface area contributed by atoms with Gasteiger partial charge in [-0.25, -0.2) is 0 Å². The summed E-state index contributed by atoms with van der Waals surface area (Å²) in [6.45, 7) is 7.80. The maximum atomic E-state index is 13.4. The molecule has 0 bridgehead atoms. The predicted molar refractivity (Wildman–Crippen MR) is 141 cm³/mol. The van der Waals surface area contributed by atoms with Crippen molar-refractivity contribution in [2.24, 2.45) is 0 Å². The number of amides is 1. The van der Waals surface area contributed by atoms with E-state index in [4.69, 9.17) is 14.2 Å². The summed E-state index contributed by atoms with van der Waals surface area (Å²) in [6, 6.07) is 10.0. The van der Waals surface area contributed by atoms with Crippen LogP contribution in [0.2, 0.25) is 0 Å². The molecule has 0 radical (unpaired) electrons. The van der Waals surface area contributed by atoms with Gasteiger partial charge in [-0.3, -0.25) is 9.59 Å². The summed E-state index contributed by atoms with van der Waals surface area (Å²) in [7, 11) is 3.93. The molecule has 0 unspecified atom stereocenters. The second-order valence-corrected chi connectivity index (χ2v) is 9.68. The van der Waals surface area contributed by atoms with Gasteiger partial charge in [0.1, 0.15) is 17.6 Å². The number of benzene rings is 2. The van der Waals surface area contributed by atoms with E-state index in [0.717, 1.165) is 24.3 Å². The minimum absolute atomic E-state index is 0.0514. The number of hydrogen-bond acceptors (Lipinski definition) is 7. The Morgan fingerprint density at radius 2 is 1.81 bits per heavy atom. The molecule has 2 heterocycles. The second-order valence-electron chi connectivity index (χ2n) is 9.68. The topological polar surface area (TPSA) is 88.5 Å². The van der Waals surface area contributed by atoms with Gasteiger partial charge in [0.15, 0.2) is 11.5 Å². The van der Waals surface area contributed by atoms with Crippen LogP contribution in [0.25, 0.3) is 5.76 Å². The predicted octanol–water partition coefficient (Wildman–Crippen LogP) is 4.18. The molecule has 1 amide bonds. The lowest BCUT2D eigenvalue weighted by molar-refractivity contribution is -0.139. The minimum atomic E-state index is -0.750. The van der Waals surface area contributed by atoms with Gasteiger partial charge < -0.3 is 29.1 Å². The van der Waals surface area contributed by atoms with Crippen LogP contribution in [0.1, 0.15) is 49.9 Å². The van der Waals surface area contributed by atoms with E-state index < -0.39 is 17.7 Å². The molecule has 1 fully saturated rings. The molecule has 2 aromatic rings. The molecule has 2 atom stereocenters. The molecule has 2 aliphatic rings. The fourth-order valence-electron chi connectivity index (χ4n) is 4.98. The Labute approximate surface area is 218 Å². The third-order valence-corrected chi connectivity index (χ3v) is 6.60. The highest BCUT2D eigenvalue weighted by Crippen LogP contribution is 2.43. The summed E-state index contributed by atoms with van der Waals surface area (Å²) in [5.74, 6) is 0.402. The number of rotatable bonds is 10. The van der Waals surface area contributed by atoms with Gasteiger partial charge >= 0.3 is 0 Å². The molecule has 2 aliphatic heterocycles. The van der Waals surface area contributed by atoms with Gasteiger partial charge in [0.2, 0.25) is 0 Å². The van der Waals surface area contributed by atoms with Gasteiger partial charge in [0, 0.05) is 18.5 Å². The number of aliphatic hydroxyl groups is 1. The lowest BCUT2D eigenvalue weighted by Gasteiger charge is -2.26. The largest absolute Gasteiger partial charge is 0.507 e. The molecule has 2 aromatic carbocycles. The SMILES string of the molecule is CCOc1ccc([C@H]2/C(=C(\O)c3ccc4c(c3)C[C@H](C)O4)C(=O)C(=O)N2CCCN(C)C)cc1OCC. The first-order chi connectivity index (χ1) is 17.7. The fraction of sp³-hybridized carbons (Fsp3) is 0.448. The van der Waals surface area contributed by atoms with Gasteiger partial charge in [-0.1, -0.05) is 6.07 Å². The first-order valence-corrected chi connectivity index (χ1v) is 12.9. The fourth-order valence-corrected chi connectivity index (χ4v) is 4.98. The maximum Gasteiger partial charge on any atom is 0.295 e. The van der Waals surface area contributed by atoms with Crippen molar-refractivity contribution in [3.8, 4) is 17.2 Å². The zero-order chi connectivity index (χ0) is 26.7. The molecule has 8 nitrogen and oxygen atoms in total. The summed E-state index contributed by atoms with van der Waals surface area (Å²) in [5.41, 5.74) is 2.21. The molecule has 4 rings (SSSR count). The van der Waals surface area contributed by atoms with E-state index in [9.17, 15) is 14.7 Å². The zero-order valence-electron chi connectivity index (χ0n) is 22.2. The molecular formula is C29H36N2O6. The minimum Gasteiger partial charge on any atom is -0.507 e. The van der Waals surface area contributed by atoms with Crippen molar-refractivity contribution in [3.05, 3.63) is 58.7 Å². The van der Waals surface area contributed by atoms with Crippen molar-refractivity contribution < 1.29 is 28.9 Å². The van der Waals surface area contributed by atoms with Crippen molar-refractivity contribution >= 4 is 17.4 Å². The second kappa shape index (κ2) is 11.3. The Balaban J connectivity index is 1.81. The number of likely N-dealkylation sites (tertiary alicyclic amines) is 1. The van der Waals surface area contributed by atoms with Gasteiger partial charge in [0.25, 0.3) is 11.7 Å². The van der Waals surface area contributed by atoms with Crippen LogP contribution in [0.5, 0.6) is 17.2 Å². The Hall–Kier alpha value is -3.52. The van der Waals surface area contributed by atoms with Crippen LogP contribution in [0.3, 0.4) is 0 Å². The zero-order valence-corrected chi connectivity index (χ0v) is 22.2. The molecule has 37 heavy (non-hydrogen) atoms. The van der Waals surface area contributed by atoms with E-state index in [0.29, 0.717) is 48.8 Å². The highest BCUT2D eigenvalue weighted by Gasteiger charge is 2.46. The lowest BCUT2D eigenvalue weighted by Crippen LogP contribution is -2.32. The number of aliphatic hydroxyl groups excluding tert-OH is 1. The standard InChI is InChI=1S/C29H36N2O6/c1-6-35-23-12-9-19(17-24(23)36-7-2)26-25(28(33)29(34)31(26)14-8-13-30(4)5)27(32)20-10-11-22-21(16-20)15-18(3)37-22/h9-12,16-18,26,32H,6-8,13-15H2,1-5H3/b27-25+/t18-,26-/m0/s1. The molecule has 1 N–H and O–H groups in total. The van der Waals surface area contributed by atoms with Gasteiger partial charge in [-0.2, -0.15) is 0 Å². The highest BCUT2D eigenvalue weighted by molar-refractivity contribution is 6.46. The van der Waals surface area contributed by atoms with E-state index in [1.54, 1.807) is 29.2 Å². The van der Waals surface area contributed by atoms with Gasteiger partial charge in [-0.15, -0.1) is 0 Å². The molecule has 0 saturated carbocycles. The van der Waals surface area contributed by atoms with Crippen LogP contribution in [-0.4, -0.2) is 73.1 Å². The number of ketones is 1. The summed E-state index contributed by atoms with van der Waals surface area (Å²) in [4.78, 5) is 30.2. The average molecular weight is 509 g/mol. The molecule has 0 aromatic heterocycles. The number of carbonyl (C=O) groups excluding carboxylic acids is 2. The summed E-state index contributed by atoms with van der Waals surface area (Å²) in [5, 5.41) is 11.5. The molecule has 0 spiro atoms. The number of carbonyl (C=O) groups is 2. The van der Waals surface area contributed by atoms with Crippen LogP contribution in [0.15, 0.2) is 42.0 Å². The summed E-state index contributed by atoms with van der Waals surface area (Å²) < 4.78 is 17.3. The van der Waals surface area contributed by atoms with Crippen molar-refractivity contribution in [3.63, 3.8) is 0 Å². The number of nitrogens with zero attached hydrogens (tertiary/aromatic N) is 2. The first-order valence-electron chi connectivity index (χ1n) is 12.9. The Morgan fingerprint density at radius 3 is 2.51 bits per heavy atom. The van der Waals surface area contributed by atoms with Crippen LogP contribution >= 0.6 is 0 Å². The summed E-state index contributed by atoms with van der Waals surface area (Å²) in [6.07, 6.45) is 1.45. The van der Waals surface area contributed by atoms with Crippen LogP contribution in [-0.2, 0) is 16.0 Å². The van der Waals surface area contributed by atoms with Crippen LogP contribution < -0.4 is 14.2 Å². The van der Waals surface area contributed by atoms with E-state index in [1.807, 2.05) is 51.9 Å². The van der Waals surface area contributed by atoms with Crippen molar-refractivity contribution in [1.29, 1.82) is 0 Å². The molecular weight excluding hydrogens is 472 g/mol.